The first-order valence-corrected chi connectivity index (χ1v) is 4.77. The number of hydrogen-bond donors (Lipinski definition) is 0. The molecule has 0 aliphatic heterocycles. The van der Waals surface area contributed by atoms with Crippen molar-refractivity contribution in [2.75, 3.05) is 6.61 Å². The summed E-state index contributed by atoms with van der Waals surface area (Å²) in [5, 5.41) is 0. The van der Waals surface area contributed by atoms with Gasteiger partial charge in [0.25, 0.3) is 0 Å². The molecule has 1 aromatic carbocycles. The maximum atomic E-state index is 5.37. The smallest absolute Gasteiger partial charge is 0.119 e. The van der Waals surface area contributed by atoms with Crippen LogP contribution in [-0.2, 0) is 5.41 Å². The summed E-state index contributed by atoms with van der Waals surface area (Å²) in [6.45, 7) is 9.36. The molecule has 0 fully saturated rings. The van der Waals surface area contributed by atoms with Gasteiger partial charge >= 0.3 is 0 Å². The molecule has 1 nitrogen and oxygen atoms in total. The highest BCUT2D eigenvalue weighted by Gasteiger charge is 2.12. The van der Waals surface area contributed by atoms with Gasteiger partial charge in [0.2, 0.25) is 0 Å². The van der Waals surface area contributed by atoms with E-state index >= 15 is 0 Å². The average Bonchev–Trinajstić information content (AvgIpc) is 2.04. The fraction of sp³-hybridized carbons (Fsp3) is 0.500. The minimum atomic E-state index is 0.227. The predicted molar refractivity (Wildman–Crippen MR) is 56.3 cm³/mol. The zero-order chi connectivity index (χ0) is 9.90. The van der Waals surface area contributed by atoms with Crippen molar-refractivity contribution in [3.63, 3.8) is 0 Å². The van der Waals surface area contributed by atoms with E-state index in [2.05, 4.69) is 32.9 Å². The average molecular weight is 182 g/mol. The Hall–Kier alpha value is -0.980. The molecule has 13 heavy (non-hydrogen) atoms. The van der Waals surface area contributed by atoms with Gasteiger partial charge in [0.05, 0.1) is 6.61 Å². The SMILES string of the molecule is CC(C)(C)c1ccc([18O][13CH2][13CH3])cc1. The number of benzene rings is 1. The van der Waals surface area contributed by atoms with Crippen LogP contribution >= 0.6 is 0 Å². The molecule has 0 aliphatic carbocycles. The second kappa shape index (κ2) is 3.82. The minimum Gasteiger partial charge on any atom is -0.494 e. The summed E-state index contributed by atoms with van der Waals surface area (Å²) >= 11 is 0. The van der Waals surface area contributed by atoms with Crippen molar-refractivity contribution in [3.8, 4) is 5.75 Å². The first-order chi connectivity index (χ1) is 6.04. The lowest BCUT2D eigenvalue weighted by Crippen LogP contribution is -2.10. The van der Waals surface area contributed by atoms with E-state index in [1.54, 1.807) is 0 Å². The molecule has 0 saturated heterocycles. The Labute approximate surface area is 80.7 Å². The first-order valence-electron chi connectivity index (χ1n) is 4.77. The molecule has 0 atom stereocenters. The summed E-state index contributed by atoms with van der Waals surface area (Å²) < 4.78 is 5.37. The van der Waals surface area contributed by atoms with Gasteiger partial charge in [-0.1, -0.05) is 32.9 Å². The Balaban J connectivity index is 2.81. The van der Waals surface area contributed by atoms with Crippen molar-refractivity contribution in [1.82, 2.24) is 0 Å². The van der Waals surface area contributed by atoms with Gasteiger partial charge in [-0.05, 0) is 30.0 Å². The van der Waals surface area contributed by atoms with Crippen LogP contribution in [0.25, 0.3) is 0 Å². The van der Waals surface area contributed by atoms with E-state index in [0.29, 0.717) is 0 Å². The third-order valence-electron chi connectivity index (χ3n) is 2.03. The molecule has 0 aromatic heterocycles. The topological polar surface area (TPSA) is 9.23 Å². The van der Waals surface area contributed by atoms with E-state index in [1.165, 1.54) is 5.56 Å². The van der Waals surface area contributed by atoms with Crippen LogP contribution in [0.5, 0.6) is 5.75 Å². The van der Waals surface area contributed by atoms with Gasteiger partial charge in [0.1, 0.15) is 5.75 Å². The molecule has 0 spiro atoms. The summed E-state index contributed by atoms with van der Waals surface area (Å²) in [4.78, 5) is 0. The molecule has 1 rings (SSSR count). The van der Waals surface area contributed by atoms with Crippen molar-refractivity contribution in [3.05, 3.63) is 29.8 Å². The highest BCUT2D eigenvalue weighted by atomic mass is 18.4. The van der Waals surface area contributed by atoms with Gasteiger partial charge in [0.15, 0.2) is 0 Å². The zero-order valence-corrected chi connectivity index (χ0v) is 8.92. The summed E-state index contributed by atoms with van der Waals surface area (Å²) in [5.74, 6) is 0.954. The molecule has 0 heterocycles. The van der Waals surface area contributed by atoms with Gasteiger partial charge in [-0.2, -0.15) is 0 Å². The van der Waals surface area contributed by atoms with Crippen LogP contribution in [0.1, 0.15) is 33.3 Å². The van der Waals surface area contributed by atoms with Crippen LogP contribution in [0.15, 0.2) is 24.3 Å². The minimum absolute atomic E-state index is 0.227. The van der Waals surface area contributed by atoms with Crippen molar-refractivity contribution in [1.29, 1.82) is 0 Å². The standard InChI is InChI=1S/C12H18O/c1-5-13-11-8-6-10(7-9-11)12(2,3)4/h6-9H,5H2,1-4H3/i1+1,5+1,13+2. The van der Waals surface area contributed by atoms with Crippen LogP contribution in [-0.4, -0.2) is 6.61 Å². The molecule has 0 radical (unpaired) electrons. The van der Waals surface area contributed by atoms with Crippen molar-refractivity contribution >= 4 is 0 Å². The van der Waals surface area contributed by atoms with E-state index in [4.69, 9.17) is 4.74 Å². The van der Waals surface area contributed by atoms with E-state index in [9.17, 15) is 0 Å². The Bertz CT molecular complexity index is 253. The monoisotopic (exact) mass is 182 g/mol. The third-order valence-corrected chi connectivity index (χ3v) is 2.03. The van der Waals surface area contributed by atoms with Gasteiger partial charge < -0.3 is 4.74 Å². The fourth-order valence-corrected chi connectivity index (χ4v) is 1.22. The normalized spacial score (nSPS) is 11.4. The van der Waals surface area contributed by atoms with Crippen LogP contribution < -0.4 is 4.74 Å². The molecular weight excluding hydrogens is 164 g/mol. The highest BCUT2D eigenvalue weighted by Crippen LogP contribution is 2.24. The first kappa shape index (κ1) is 10.1. The Morgan fingerprint density at radius 3 is 2.00 bits per heavy atom. The van der Waals surface area contributed by atoms with Gasteiger partial charge in [0, 0.05) is 0 Å². The van der Waals surface area contributed by atoms with Crippen molar-refractivity contribution in [2.45, 2.75) is 33.1 Å². The molecule has 1 heteroatoms. The lowest BCUT2D eigenvalue weighted by molar-refractivity contribution is 0.340. The van der Waals surface area contributed by atoms with E-state index in [1.807, 2.05) is 19.1 Å². The summed E-state index contributed by atoms with van der Waals surface area (Å²) in [6.07, 6.45) is 0. The number of hydrogen-bond acceptors (Lipinski definition) is 1. The maximum absolute atomic E-state index is 5.37. The van der Waals surface area contributed by atoms with E-state index in [0.717, 1.165) is 12.4 Å². The molecule has 0 aliphatic rings. The van der Waals surface area contributed by atoms with Crippen LogP contribution in [0.4, 0.5) is 0 Å². The number of ether oxygens (including phenoxy) is 1. The fourth-order valence-electron chi connectivity index (χ4n) is 1.22. The second-order valence-corrected chi connectivity index (χ2v) is 4.21. The van der Waals surface area contributed by atoms with Gasteiger partial charge in [-0.15, -0.1) is 0 Å². The van der Waals surface area contributed by atoms with Crippen LogP contribution in [0.3, 0.4) is 0 Å². The van der Waals surface area contributed by atoms with E-state index in [-0.39, 0.29) is 5.41 Å². The molecule has 1 aromatic rings. The lowest BCUT2D eigenvalue weighted by atomic mass is 9.87. The molecule has 0 saturated carbocycles. The second-order valence-electron chi connectivity index (χ2n) is 4.21. The van der Waals surface area contributed by atoms with Crippen LogP contribution in [0, 0.1) is 0 Å². The molecule has 0 unspecified atom stereocenters. The van der Waals surface area contributed by atoms with Crippen LogP contribution in [0.2, 0.25) is 0 Å². The Morgan fingerprint density at radius 2 is 1.62 bits per heavy atom. The molecule has 0 N–H and O–H groups in total. The predicted octanol–water partition coefficient (Wildman–Crippen LogP) is 3.38. The largest absolute Gasteiger partial charge is 0.494 e. The number of rotatable bonds is 2. The Morgan fingerprint density at radius 1 is 1.08 bits per heavy atom. The summed E-state index contributed by atoms with van der Waals surface area (Å²) in [7, 11) is 0. The zero-order valence-electron chi connectivity index (χ0n) is 8.92. The van der Waals surface area contributed by atoms with Crippen molar-refractivity contribution < 1.29 is 4.74 Å². The summed E-state index contributed by atoms with van der Waals surface area (Å²) in [6, 6.07) is 8.32. The highest BCUT2D eigenvalue weighted by molar-refractivity contribution is 5.30. The molecule has 0 amide bonds. The van der Waals surface area contributed by atoms with Crippen molar-refractivity contribution in [2.24, 2.45) is 0 Å². The molecule has 72 valence electrons. The van der Waals surface area contributed by atoms with Gasteiger partial charge in [-0.25, -0.2) is 0 Å². The van der Waals surface area contributed by atoms with E-state index < -0.39 is 0 Å². The summed E-state index contributed by atoms with van der Waals surface area (Å²) in [5.41, 5.74) is 1.57. The Kier molecular flexibility index (Phi) is 2.97. The molecule has 0 bridgehead atoms. The van der Waals surface area contributed by atoms with Gasteiger partial charge in [-0.3, -0.25) is 0 Å². The lowest BCUT2D eigenvalue weighted by Gasteiger charge is -2.19. The quantitative estimate of drug-likeness (QED) is 0.503. The molecular formula is C12H18O. The third kappa shape index (κ3) is 2.76. The maximum Gasteiger partial charge on any atom is 0.119 e.